The standard InChI is InChI=1S/C14H19NO3S/c1-18-12-3-2-6-15(8-12)9-13-7-11(10-19-13)4-5-14(16)17/h4-5,7,10,12H,2-3,6,8-9H2,1H3,(H,16,17)/b5-4+. The van der Waals surface area contributed by atoms with E-state index in [9.17, 15) is 4.79 Å². The smallest absolute Gasteiger partial charge is 0.328 e. The average Bonchev–Trinajstić information content (AvgIpc) is 2.84. The average molecular weight is 281 g/mol. The van der Waals surface area contributed by atoms with Crippen LogP contribution in [0.25, 0.3) is 6.08 Å². The SMILES string of the molecule is COC1CCCN(Cc2cc(/C=C/C(=O)O)cs2)C1. The Morgan fingerprint density at radius 1 is 1.68 bits per heavy atom. The highest BCUT2D eigenvalue weighted by Crippen LogP contribution is 2.21. The van der Waals surface area contributed by atoms with E-state index in [-0.39, 0.29) is 0 Å². The van der Waals surface area contributed by atoms with Gasteiger partial charge in [-0.05, 0) is 42.5 Å². The first-order valence-corrected chi connectivity index (χ1v) is 7.29. The number of hydrogen-bond acceptors (Lipinski definition) is 4. The van der Waals surface area contributed by atoms with Crippen molar-refractivity contribution in [3.63, 3.8) is 0 Å². The van der Waals surface area contributed by atoms with E-state index in [0.29, 0.717) is 6.10 Å². The first kappa shape index (κ1) is 14.2. The number of hydrogen-bond donors (Lipinski definition) is 1. The first-order valence-electron chi connectivity index (χ1n) is 6.41. The summed E-state index contributed by atoms with van der Waals surface area (Å²) in [6.45, 7) is 3.01. The maximum absolute atomic E-state index is 10.5. The van der Waals surface area contributed by atoms with Crippen LogP contribution in [-0.4, -0.2) is 42.3 Å². The zero-order valence-corrected chi connectivity index (χ0v) is 11.9. The van der Waals surface area contributed by atoms with E-state index in [2.05, 4.69) is 11.0 Å². The van der Waals surface area contributed by atoms with Gasteiger partial charge in [-0.1, -0.05) is 0 Å². The second kappa shape index (κ2) is 6.84. The van der Waals surface area contributed by atoms with Crippen molar-refractivity contribution in [1.29, 1.82) is 0 Å². The van der Waals surface area contributed by atoms with Crippen LogP contribution in [0.1, 0.15) is 23.3 Å². The lowest BCUT2D eigenvalue weighted by molar-refractivity contribution is -0.131. The molecule has 0 saturated carbocycles. The molecule has 1 aliphatic heterocycles. The van der Waals surface area contributed by atoms with Gasteiger partial charge in [0, 0.05) is 31.2 Å². The van der Waals surface area contributed by atoms with E-state index in [1.165, 1.54) is 17.4 Å². The molecule has 1 aliphatic rings. The van der Waals surface area contributed by atoms with E-state index in [4.69, 9.17) is 9.84 Å². The van der Waals surface area contributed by atoms with Gasteiger partial charge >= 0.3 is 5.97 Å². The Morgan fingerprint density at radius 2 is 2.53 bits per heavy atom. The van der Waals surface area contributed by atoms with Crippen molar-refractivity contribution in [2.24, 2.45) is 0 Å². The molecule has 0 aromatic carbocycles. The van der Waals surface area contributed by atoms with E-state index < -0.39 is 5.97 Å². The number of carboxylic acid groups (broad SMARTS) is 1. The predicted molar refractivity (Wildman–Crippen MR) is 76.3 cm³/mol. The molecule has 5 heteroatoms. The molecule has 1 N–H and O–H groups in total. The fourth-order valence-electron chi connectivity index (χ4n) is 2.30. The van der Waals surface area contributed by atoms with Gasteiger partial charge in [0.1, 0.15) is 0 Å². The van der Waals surface area contributed by atoms with E-state index in [0.717, 1.165) is 31.6 Å². The van der Waals surface area contributed by atoms with Gasteiger partial charge in [-0.3, -0.25) is 4.90 Å². The highest BCUT2D eigenvalue weighted by Gasteiger charge is 2.19. The monoisotopic (exact) mass is 281 g/mol. The summed E-state index contributed by atoms with van der Waals surface area (Å²) >= 11 is 1.68. The number of methoxy groups -OCH3 is 1. The van der Waals surface area contributed by atoms with Gasteiger partial charge < -0.3 is 9.84 Å². The summed E-state index contributed by atoms with van der Waals surface area (Å²) in [5, 5.41) is 10.6. The third-order valence-corrected chi connectivity index (χ3v) is 4.21. The summed E-state index contributed by atoms with van der Waals surface area (Å²) < 4.78 is 5.41. The third kappa shape index (κ3) is 4.45. The summed E-state index contributed by atoms with van der Waals surface area (Å²) in [6, 6.07) is 2.06. The number of aliphatic carboxylic acids is 1. The molecule has 1 fully saturated rings. The van der Waals surface area contributed by atoms with Gasteiger partial charge in [0.25, 0.3) is 0 Å². The van der Waals surface area contributed by atoms with Crippen LogP contribution in [0.2, 0.25) is 0 Å². The van der Waals surface area contributed by atoms with Crippen LogP contribution in [0.5, 0.6) is 0 Å². The molecule has 0 amide bonds. The Bertz CT molecular complexity index is 455. The van der Waals surface area contributed by atoms with Gasteiger partial charge in [-0.15, -0.1) is 11.3 Å². The molecule has 1 aromatic heterocycles. The normalized spacial score (nSPS) is 21.0. The predicted octanol–water partition coefficient (Wildman–Crippen LogP) is 2.46. The molecule has 0 aliphatic carbocycles. The number of carbonyl (C=O) groups is 1. The first-order chi connectivity index (χ1) is 9.17. The van der Waals surface area contributed by atoms with Crippen LogP contribution in [0.3, 0.4) is 0 Å². The molecule has 1 saturated heterocycles. The lowest BCUT2D eigenvalue weighted by atomic mass is 10.1. The minimum Gasteiger partial charge on any atom is -0.478 e. The van der Waals surface area contributed by atoms with Gasteiger partial charge in [-0.25, -0.2) is 4.79 Å². The number of ether oxygens (including phenoxy) is 1. The summed E-state index contributed by atoms with van der Waals surface area (Å²) in [6.07, 6.45) is 5.48. The van der Waals surface area contributed by atoms with Gasteiger partial charge in [0.2, 0.25) is 0 Å². The van der Waals surface area contributed by atoms with Crippen molar-refractivity contribution >= 4 is 23.4 Å². The van der Waals surface area contributed by atoms with Crippen LogP contribution < -0.4 is 0 Å². The zero-order valence-electron chi connectivity index (χ0n) is 11.0. The number of rotatable bonds is 5. The molecule has 1 aromatic rings. The number of likely N-dealkylation sites (tertiary alicyclic amines) is 1. The molecular weight excluding hydrogens is 262 g/mol. The quantitative estimate of drug-likeness (QED) is 0.842. The number of carboxylic acids is 1. The molecule has 19 heavy (non-hydrogen) atoms. The zero-order chi connectivity index (χ0) is 13.7. The Balaban J connectivity index is 1.90. The molecule has 2 heterocycles. The van der Waals surface area contributed by atoms with Crippen molar-refractivity contribution in [2.75, 3.05) is 20.2 Å². The Morgan fingerprint density at radius 3 is 3.26 bits per heavy atom. The van der Waals surface area contributed by atoms with E-state index in [1.54, 1.807) is 24.5 Å². The van der Waals surface area contributed by atoms with Crippen molar-refractivity contribution < 1.29 is 14.6 Å². The third-order valence-electron chi connectivity index (χ3n) is 3.27. The van der Waals surface area contributed by atoms with Crippen molar-refractivity contribution in [3.8, 4) is 0 Å². The summed E-state index contributed by atoms with van der Waals surface area (Å²) in [7, 11) is 1.77. The van der Waals surface area contributed by atoms with E-state index >= 15 is 0 Å². The largest absolute Gasteiger partial charge is 0.478 e. The summed E-state index contributed by atoms with van der Waals surface area (Å²) in [4.78, 5) is 14.1. The lowest BCUT2D eigenvalue weighted by Gasteiger charge is -2.31. The maximum Gasteiger partial charge on any atom is 0.328 e. The lowest BCUT2D eigenvalue weighted by Crippen LogP contribution is -2.38. The Hall–Kier alpha value is -1.17. The topological polar surface area (TPSA) is 49.8 Å². The van der Waals surface area contributed by atoms with Crippen molar-refractivity contribution in [1.82, 2.24) is 4.90 Å². The van der Waals surface area contributed by atoms with Crippen LogP contribution in [-0.2, 0) is 16.1 Å². The highest BCUT2D eigenvalue weighted by atomic mass is 32.1. The van der Waals surface area contributed by atoms with Crippen molar-refractivity contribution in [3.05, 3.63) is 28.0 Å². The summed E-state index contributed by atoms with van der Waals surface area (Å²) in [5.41, 5.74) is 0.961. The number of thiophene rings is 1. The second-order valence-electron chi connectivity index (χ2n) is 4.75. The fraction of sp³-hybridized carbons (Fsp3) is 0.500. The van der Waals surface area contributed by atoms with Crippen LogP contribution >= 0.6 is 11.3 Å². The molecule has 0 bridgehead atoms. The van der Waals surface area contributed by atoms with Crippen molar-refractivity contribution in [2.45, 2.75) is 25.5 Å². The fourth-order valence-corrected chi connectivity index (χ4v) is 3.20. The van der Waals surface area contributed by atoms with Crippen LogP contribution in [0, 0.1) is 0 Å². The molecule has 1 unspecified atom stereocenters. The second-order valence-corrected chi connectivity index (χ2v) is 5.75. The van der Waals surface area contributed by atoms with Gasteiger partial charge in [0.15, 0.2) is 0 Å². The van der Waals surface area contributed by atoms with Gasteiger partial charge in [0.05, 0.1) is 6.10 Å². The summed E-state index contributed by atoms with van der Waals surface area (Å²) in [5.74, 6) is -0.910. The number of nitrogens with zero attached hydrogens (tertiary/aromatic N) is 1. The van der Waals surface area contributed by atoms with Crippen LogP contribution in [0.4, 0.5) is 0 Å². The highest BCUT2D eigenvalue weighted by molar-refractivity contribution is 7.10. The minimum absolute atomic E-state index is 0.347. The van der Waals surface area contributed by atoms with Crippen LogP contribution in [0.15, 0.2) is 17.5 Å². The molecule has 1 atom stereocenters. The molecule has 4 nitrogen and oxygen atoms in total. The molecular formula is C14H19NO3S. The van der Waals surface area contributed by atoms with E-state index in [1.807, 2.05) is 5.38 Å². The maximum atomic E-state index is 10.5. The molecule has 0 radical (unpaired) electrons. The Kier molecular flexibility index (Phi) is 5.13. The molecule has 0 spiro atoms. The van der Waals surface area contributed by atoms with Gasteiger partial charge in [-0.2, -0.15) is 0 Å². The minimum atomic E-state index is -0.910. The number of piperidine rings is 1. The molecule has 104 valence electrons. The molecule has 2 rings (SSSR count). The Labute approximate surface area is 117 Å².